The number of carbonyl (C=O) groups excluding carboxylic acids is 2. The number of rotatable bonds is 4. The quantitative estimate of drug-likeness (QED) is 0.826. The van der Waals surface area contributed by atoms with Crippen LogP contribution in [0.5, 0.6) is 0 Å². The normalized spacial score (nSPS) is 30.8. The first-order valence-electron chi connectivity index (χ1n) is 8.96. The molecule has 1 saturated carbocycles. The maximum atomic E-state index is 12.8. The van der Waals surface area contributed by atoms with Crippen LogP contribution in [0.2, 0.25) is 0 Å². The summed E-state index contributed by atoms with van der Waals surface area (Å²) in [5.41, 5.74) is 0. The molecule has 1 aliphatic carbocycles. The fourth-order valence-corrected chi connectivity index (χ4v) is 4.60. The molecule has 124 valence electrons. The highest BCUT2D eigenvalue weighted by atomic mass is 16.2. The van der Waals surface area contributed by atoms with Gasteiger partial charge in [-0.2, -0.15) is 0 Å². The van der Waals surface area contributed by atoms with Crippen LogP contribution < -0.4 is 10.6 Å². The molecule has 2 heterocycles. The molecular weight excluding hydrogens is 278 g/mol. The maximum Gasteiger partial charge on any atom is 0.243 e. The van der Waals surface area contributed by atoms with Gasteiger partial charge in [0.1, 0.15) is 6.04 Å². The third kappa shape index (κ3) is 3.45. The van der Waals surface area contributed by atoms with Gasteiger partial charge in [0.2, 0.25) is 11.8 Å². The van der Waals surface area contributed by atoms with Crippen molar-refractivity contribution in [3.05, 3.63) is 0 Å². The van der Waals surface area contributed by atoms with E-state index in [0.717, 1.165) is 25.8 Å². The summed E-state index contributed by atoms with van der Waals surface area (Å²) in [4.78, 5) is 26.8. The van der Waals surface area contributed by atoms with Crippen LogP contribution in [0.15, 0.2) is 0 Å². The summed E-state index contributed by atoms with van der Waals surface area (Å²) in [5.74, 6) is 0.255. The third-order valence-corrected chi connectivity index (χ3v) is 5.70. The second-order valence-electron chi connectivity index (χ2n) is 7.23. The molecule has 5 heteroatoms. The molecular formula is C17H29N3O2. The van der Waals surface area contributed by atoms with E-state index in [0.29, 0.717) is 12.0 Å². The summed E-state index contributed by atoms with van der Waals surface area (Å²) in [6.07, 6.45) is 9.25. The fourth-order valence-electron chi connectivity index (χ4n) is 4.60. The van der Waals surface area contributed by atoms with Crippen molar-refractivity contribution in [3.63, 3.8) is 0 Å². The van der Waals surface area contributed by atoms with E-state index in [1.807, 2.05) is 0 Å². The Labute approximate surface area is 133 Å². The Hall–Kier alpha value is -1.10. The van der Waals surface area contributed by atoms with Gasteiger partial charge in [-0.25, -0.2) is 0 Å². The Morgan fingerprint density at radius 1 is 1.00 bits per heavy atom. The fraction of sp³-hybridized carbons (Fsp3) is 0.882. The van der Waals surface area contributed by atoms with E-state index in [1.54, 1.807) is 0 Å². The highest BCUT2D eigenvalue weighted by Gasteiger charge is 2.38. The molecule has 3 atom stereocenters. The van der Waals surface area contributed by atoms with Gasteiger partial charge in [-0.1, -0.05) is 19.3 Å². The minimum absolute atomic E-state index is 0.0412. The van der Waals surface area contributed by atoms with Crippen molar-refractivity contribution >= 4 is 11.8 Å². The zero-order valence-electron chi connectivity index (χ0n) is 13.6. The van der Waals surface area contributed by atoms with E-state index in [-0.39, 0.29) is 23.9 Å². The number of hydrogen-bond acceptors (Lipinski definition) is 3. The van der Waals surface area contributed by atoms with E-state index in [1.165, 1.54) is 45.6 Å². The van der Waals surface area contributed by atoms with Gasteiger partial charge in [0.15, 0.2) is 0 Å². The van der Waals surface area contributed by atoms with E-state index < -0.39 is 0 Å². The average molecular weight is 307 g/mol. The van der Waals surface area contributed by atoms with Crippen LogP contribution in [0.1, 0.15) is 58.3 Å². The molecule has 2 N–H and O–H groups in total. The third-order valence-electron chi connectivity index (χ3n) is 5.70. The van der Waals surface area contributed by atoms with Crippen molar-refractivity contribution in [3.8, 4) is 0 Å². The molecule has 2 aliphatic heterocycles. The zero-order valence-corrected chi connectivity index (χ0v) is 13.6. The lowest BCUT2D eigenvalue weighted by Crippen LogP contribution is -2.55. The molecule has 3 fully saturated rings. The second kappa shape index (κ2) is 6.99. The Morgan fingerprint density at radius 3 is 2.45 bits per heavy atom. The monoisotopic (exact) mass is 307 g/mol. The molecule has 3 aliphatic rings. The van der Waals surface area contributed by atoms with Gasteiger partial charge in [-0.15, -0.1) is 0 Å². The molecule has 3 rings (SSSR count). The molecule has 0 unspecified atom stereocenters. The molecule has 0 aromatic rings. The lowest BCUT2D eigenvalue weighted by Gasteiger charge is -2.33. The highest BCUT2D eigenvalue weighted by molar-refractivity contribution is 5.87. The second-order valence-corrected chi connectivity index (χ2v) is 7.23. The van der Waals surface area contributed by atoms with Gasteiger partial charge in [-0.05, 0) is 44.6 Å². The molecule has 5 nitrogen and oxygen atoms in total. The van der Waals surface area contributed by atoms with Gasteiger partial charge >= 0.3 is 0 Å². The minimum atomic E-state index is -0.336. The van der Waals surface area contributed by atoms with Crippen LogP contribution in [-0.2, 0) is 9.59 Å². The predicted octanol–water partition coefficient (Wildman–Crippen LogP) is 1.42. The molecule has 2 amide bonds. The maximum absolute atomic E-state index is 12.8. The first-order valence-corrected chi connectivity index (χ1v) is 8.96. The number of nitrogens with zero attached hydrogens (tertiary/aromatic N) is 1. The molecule has 0 bridgehead atoms. The van der Waals surface area contributed by atoms with Gasteiger partial charge in [0, 0.05) is 25.6 Å². The summed E-state index contributed by atoms with van der Waals surface area (Å²) >= 11 is 0. The highest BCUT2D eigenvalue weighted by Crippen LogP contribution is 2.30. The van der Waals surface area contributed by atoms with Gasteiger partial charge in [0.05, 0.1) is 0 Å². The SMILES string of the molecule is CC(=O)N[C@H](C(=O)N[C@@H]1CCN2CCCC[C@H]12)C1CCCC1. The molecule has 2 saturated heterocycles. The number of hydrogen-bond donors (Lipinski definition) is 2. The number of nitrogens with one attached hydrogen (secondary N) is 2. The van der Waals surface area contributed by atoms with E-state index in [9.17, 15) is 9.59 Å². The van der Waals surface area contributed by atoms with Crippen LogP contribution in [0.25, 0.3) is 0 Å². The smallest absolute Gasteiger partial charge is 0.243 e. The topological polar surface area (TPSA) is 61.4 Å². The van der Waals surface area contributed by atoms with Crippen molar-refractivity contribution in [1.82, 2.24) is 15.5 Å². The number of amides is 2. The summed E-state index contributed by atoms with van der Waals surface area (Å²) < 4.78 is 0. The zero-order chi connectivity index (χ0) is 15.5. The number of fused-ring (bicyclic) bond motifs is 1. The summed E-state index contributed by atoms with van der Waals surface area (Å²) in [5, 5.41) is 6.17. The molecule has 0 radical (unpaired) electrons. The Morgan fingerprint density at radius 2 is 1.73 bits per heavy atom. The Balaban J connectivity index is 1.61. The lowest BCUT2D eigenvalue weighted by atomic mass is 9.95. The summed E-state index contributed by atoms with van der Waals surface area (Å²) in [6, 6.07) is 0.447. The van der Waals surface area contributed by atoms with Crippen molar-refractivity contribution in [2.45, 2.75) is 76.4 Å². The molecule has 0 aromatic heterocycles. The van der Waals surface area contributed by atoms with Crippen molar-refractivity contribution in [2.75, 3.05) is 13.1 Å². The average Bonchev–Trinajstić information content (AvgIpc) is 3.15. The number of carbonyl (C=O) groups is 2. The van der Waals surface area contributed by atoms with Gasteiger partial charge in [-0.3, -0.25) is 14.5 Å². The summed E-state index contributed by atoms with van der Waals surface area (Å²) in [7, 11) is 0. The van der Waals surface area contributed by atoms with Crippen LogP contribution in [0.4, 0.5) is 0 Å². The number of piperidine rings is 1. The van der Waals surface area contributed by atoms with Crippen molar-refractivity contribution < 1.29 is 9.59 Å². The first-order chi connectivity index (χ1) is 10.6. The molecule has 22 heavy (non-hydrogen) atoms. The first kappa shape index (κ1) is 15.8. The van der Waals surface area contributed by atoms with Gasteiger partial charge in [0.25, 0.3) is 0 Å². The lowest BCUT2D eigenvalue weighted by molar-refractivity contribution is -0.130. The van der Waals surface area contributed by atoms with Crippen molar-refractivity contribution in [2.24, 2.45) is 5.92 Å². The minimum Gasteiger partial charge on any atom is -0.350 e. The van der Waals surface area contributed by atoms with Crippen LogP contribution in [0, 0.1) is 5.92 Å². The largest absolute Gasteiger partial charge is 0.350 e. The summed E-state index contributed by atoms with van der Waals surface area (Å²) in [6.45, 7) is 3.78. The van der Waals surface area contributed by atoms with Crippen molar-refractivity contribution in [1.29, 1.82) is 0 Å². The van der Waals surface area contributed by atoms with Crippen LogP contribution in [0.3, 0.4) is 0 Å². The van der Waals surface area contributed by atoms with E-state index >= 15 is 0 Å². The van der Waals surface area contributed by atoms with E-state index in [4.69, 9.17) is 0 Å². The standard InChI is InChI=1S/C17H29N3O2/c1-12(21)18-16(13-6-2-3-7-13)17(22)19-14-9-11-20-10-5-4-8-15(14)20/h13-16H,2-11H2,1H3,(H,18,21)(H,19,22)/t14-,15-,16+/m1/s1. The van der Waals surface area contributed by atoms with Gasteiger partial charge < -0.3 is 10.6 Å². The Bertz CT molecular complexity index is 420. The van der Waals surface area contributed by atoms with Crippen LogP contribution in [-0.4, -0.2) is 47.9 Å². The van der Waals surface area contributed by atoms with E-state index in [2.05, 4.69) is 15.5 Å². The Kier molecular flexibility index (Phi) is 5.01. The predicted molar refractivity (Wildman–Crippen MR) is 85.3 cm³/mol. The molecule has 0 aromatic carbocycles. The van der Waals surface area contributed by atoms with Crippen LogP contribution >= 0.6 is 0 Å². The molecule has 0 spiro atoms.